The number of aliphatic carboxylic acids is 2. The Kier molecular flexibility index (Phi) is 19.2. The summed E-state index contributed by atoms with van der Waals surface area (Å²) in [6, 6.07) is 13.0. The van der Waals surface area contributed by atoms with Gasteiger partial charge < -0.3 is 63.6 Å². The van der Waals surface area contributed by atoms with E-state index in [1.807, 2.05) is 31.2 Å². The van der Waals surface area contributed by atoms with Crippen molar-refractivity contribution < 1.29 is 48.9 Å². The van der Waals surface area contributed by atoms with E-state index in [0.29, 0.717) is 65.7 Å². The number of nitrogens with zero attached hydrogens (tertiary/aromatic N) is 2. The van der Waals surface area contributed by atoms with Crippen molar-refractivity contribution in [1.29, 1.82) is 0 Å². The summed E-state index contributed by atoms with van der Waals surface area (Å²) < 4.78 is 0. The van der Waals surface area contributed by atoms with E-state index in [9.17, 15) is 48.9 Å². The smallest absolute Gasteiger partial charge is 0.319 e. The number of hydrogen-bond donors (Lipinski definition) is 12. The third-order valence-corrected chi connectivity index (χ3v) is 13.2. The van der Waals surface area contributed by atoms with Crippen molar-refractivity contribution in [2.75, 3.05) is 41.0 Å². The minimum atomic E-state index is -1.36. The summed E-state index contributed by atoms with van der Waals surface area (Å²) in [7, 11) is 0. The first-order valence-corrected chi connectivity index (χ1v) is 25.1. The molecule has 4 aromatic carbocycles. The number of amides is 8. The zero-order valence-corrected chi connectivity index (χ0v) is 42.3. The number of aliphatic hydroxyl groups is 1. The first-order valence-electron chi connectivity index (χ1n) is 25.1. The van der Waals surface area contributed by atoms with Crippen LogP contribution in [0.25, 0.3) is 22.1 Å². The van der Waals surface area contributed by atoms with Crippen LogP contribution in [0.5, 0.6) is 0 Å². The number of benzene rings is 4. The molecule has 1 atom stereocenters. The van der Waals surface area contributed by atoms with Gasteiger partial charge in [0.25, 0.3) is 5.91 Å². The molecule has 0 saturated carbocycles. The highest BCUT2D eigenvalue weighted by molar-refractivity contribution is 6.04. The second kappa shape index (κ2) is 25.7. The zero-order valence-electron chi connectivity index (χ0n) is 42.3. The number of urea groups is 3. The number of para-hydroxylation sites is 2. The van der Waals surface area contributed by atoms with Gasteiger partial charge in [-0.25, -0.2) is 24.4 Å². The second-order valence-corrected chi connectivity index (χ2v) is 18.3. The maximum atomic E-state index is 13.8. The van der Waals surface area contributed by atoms with Gasteiger partial charge in [-0.2, -0.15) is 0 Å². The molecule has 0 bridgehead atoms. The van der Waals surface area contributed by atoms with Gasteiger partial charge in [0.1, 0.15) is 0 Å². The number of nitrogens with two attached hydrogens (primary N) is 1. The number of unbranched alkanes of at least 4 members (excludes halogenated alkanes) is 2. The number of carboxylic acids is 2. The van der Waals surface area contributed by atoms with E-state index >= 15 is 0 Å². The SMILES string of the molecule is CCCCCNC(=O)Nc1cc2nc3ccccc3nc2cc1NC(=O)NCCc1c(CC)c(CN)c2c(c1CC)C(NC(=O)Nc1ccc(C(=O)NC(CCO)(CCC(=O)O)CCC(=O)O)cc1NC(C)=O)C2. The van der Waals surface area contributed by atoms with Crippen LogP contribution in [-0.4, -0.2) is 92.4 Å². The standard InChI is InChI=1S/C53H67N11O10/c1-5-8-11-22-55-50(72)61-43-27-41-42(59-38-13-10-9-12-37(38)58-41)28-44(43)62-51(73)56-23-18-34-32(6-2)36(29-54)35-26-45(48(35)33(34)7-3)63-52(74)60-39-15-14-31(25-40(39)57-30(4)66)49(71)64-53(21-24-65,19-16-46(67)68)20-17-47(69)70/h9-10,12-15,25,27-28,45,65H,5-8,11,16-24,26,29,54H2,1-4H3,(H,57,66)(H,64,71)(H,67,68)(H,69,70)(H2,55,61,72)(H2,56,62,73)(H2,60,63,74). The van der Waals surface area contributed by atoms with Crippen LogP contribution in [-0.2, 0) is 46.6 Å². The van der Waals surface area contributed by atoms with Crippen molar-refractivity contribution in [3.63, 3.8) is 0 Å². The monoisotopic (exact) mass is 1020 g/mol. The molecular weight excluding hydrogens is 951 g/mol. The van der Waals surface area contributed by atoms with Crippen LogP contribution < -0.4 is 48.3 Å². The van der Waals surface area contributed by atoms with Crippen LogP contribution in [0.4, 0.5) is 37.1 Å². The lowest BCUT2D eigenvalue weighted by atomic mass is 9.71. The molecule has 21 heteroatoms. The summed E-state index contributed by atoms with van der Waals surface area (Å²) in [5.74, 6) is -3.53. The van der Waals surface area contributed by atoms with E-state index in [1.54, 1.807) is 12.1 Å². The summed E-state index contributed by atoms with van der Waals surface area (Å²) in [4.78, 5) is 98.9. The van der Waals surface area contributed by atoms with Crippen LogP contribution in [0.15, 0.2) is 54.6 Å². The van der Waals surface area contributed by atoms with Crippen molar-refractivity contribution in [2.45, 2.75) is 123 Å². The van der Waals surface area contributed by atoms with Gasteiger partial charge in [-0.1, -0.05) is 45.7 Å². The Balaban J connectivity index is 1.18. The molecule has 0 radical (unpaired) electrons. The quantitative estimate of drug-likeness (QED) is 0.0207. The Morgan fingerprint density at radius 1 is 0.662 bits per heavy atom. The largest absolute Gasteiger partial charge is 0.481 e. The van der Waals surface area contributed by atoms with Gasteiger partial charge in [0.15, 0.2) is 0 Å². The number of nitrogens with one attached hydrogen (secondary N) is 8. The van der Waals surface area contributed by atoms with E-state index in [1.165, 1.54) is 25.1 Å². The Bertz CT molecular complexity index is 2910. The van der Waals surface area contributed by atoms with Crippen molar-refractivity contribution in [3.8, 4) is 0 Å². The molecule has 0 saturated heterocycles. The number of fused-ring (bicyclic) bond motifs is 3. The molecule has 5 aromatic rings. The fourth-order valence-electron chi connectivity index (χ4n) is 9.66. The number of carboxylic acid groups (broad SMARTS) is 2. The number of hydrogen-bond acceptors (Lipinski definition) is 11. The summed E-state index contributed by atoms with van der Waals surface area (Å²) in [6.45, 7) is 7.96. The molecule has 1 aliphatic carbocycles. The van der Waals surface area contributed by atoms with Crippen molar-refractivity contribution >= 4 is 86.7 Å². The summed E-state index contributed by atoms with van der Waals surface area (Å²) in [5, 5.41) is 51.4. The van der Waals surface area contributed by atoms with Gasteiger partial charge in [-0.15, -0.1) is 0 Å². The Labute approximate surface area is 428 Å². The van der Waals surface area contributed by atoms with Crippen LogP contribution in [0, 0.1) is 0 Å². The van der Waals surface area contributed by atoms with Crippen LogP contribution in [0.3, 0.4) is 0 Å². The number of rotatable bonds is 25. The molecule has 6 rings (SSSR count). The fraction of sp³-hybridized carbons (Fsp3) is 0.415. The summed E-state index contributed by atoms with van der Waals surface area (Å²) in [6.07, 6.45) is 3.89. The van der Waals surface area contributed by atoms with Gasteiger partial charge in [-0.05, 0) is 127 Å². The van der Waals surface area contributed by atoms with Crippen molar-refractivity contribution in [2.24, 2.45) is 5.73 Å². The Hall–Kier alpha value is -7.91. The molecule has 0 fully saturated rings. The summed E-state index contributed by atoms with van der Waals surface area (Å²) in [5.41, 5.74) is 14.5. The molecule has 1 aliphatic rings. The molecule has 21 nitrogen and oxygen atoms in total. The molecule has 0 spiro atoms. The van der Waals surface area contributed by atoms with E-state index in [4.69, 9.17) is 15.7 Å². The van der Waals surface area contributed by atoms with E-state index in [-0.39, 0.29) is 49.3 Å². The van der Waals surface area contributed by atoms with Crippen LogP contribution >= 0.6 is 0 Å². The molecule has 74 heavy (non-hydrogen) atoms. The lowest BCUT2D eigenvalue weighted by Gasteiger charge is -2.38. The maximum Gasteiger partial charge on any atom is 0.319 e. The van der Waals surface area contributed by atoms with Crippen molar-refractivity contribution in [1.82, 2.24) is 31.2 Å². The highest BCUT2D eigenvalue weighted by Gasteiger charge is 2.36. The molecule has 0 aliphatic heterocycles. The predicted molar refractivity (Wildman–Crippen MR) is 282 cm³/mol. The summed E-state index contributed by atoms with van der Waals surface area (Å²) >= 11 is 0. The highest BCUT2D eigenvalue weighted by atomic mass is 16.4. The predicted octanol–water partition coefficient (Wildman–Crippen LogP) is 7.00. The average molecular weight is 1020 g/mol. The van der Waals surface area contributed by atoms with Crippen LogP contribution in [0.1, 0.15) is 129 Å². The normalized spacial score (nSPS) is 12.8. The molecule has 1 aromatic heterocycles. The topological polar surface area (TPSA) is 328 Å². The highest BCUT2D eigenvalue weighted by Crippen LogP contribution is 2.43. The van der Waals surface area contributed by atoms with Gasteiger partial charge in [0.2, 0.25) is 5.91 Å². The zero-order chi connectivity index (χ0) is 53.5. The molecule has 8 amide bonds. The number of anilines is 4. The molecule has 1 heterocycles. The Morgan fingerprint density at radius 2 is 1.24 bits per heavy atom. The van der Waals surface area contributed by atoms with Crippen molar-refractivity contribution in [3.05, 3.63) is 93.5 Å². The fourth-order valence-corrected chi connectivity index (χ4v) is 9.66. The van der Waals surface area contributed by atoms with Crippen LogP contribution in [0.2, 0.25) is 0 Å². The molecule has 1 unspecified atom stereocenters. The first kappa shape index (κ1) is 55.4. The van der Waals surface area contributed by atoms with Gasteiger partial charge in [0, 0.05) is 57.1 Å². The maximum absolute atomic E-state index is 13.8. The number of carbonyl (C=O) groups is 7. The van der Waals surface area contributed by atoms with Gasteiger partial charge in [0.05, 0.1) is 50.9 Å². The lowest BCUT2D eigenvalue weighted by Crippen LogP contribution is -2.50. The van der Waals surface area contributed by atoms with Gasteiger partial charge in [-0.3, -0.25) is 19.2 Å². The minimum Gasteiger partial charge on any atom is -0.481 e. The number of aromatic nitrogens is 2. The first-order chi connectivity index (χ1) is 35.5. The molecule has 13 N–H and O–H groups in total. The molecule has 394 valence electrons. The number of carbonyl (C=O) groups excluding carboxylic acids is 5. The lowest BCUT2D eigenvalue weighted by molar-refractivity contribution is -0.137. The Morgan fingerprint density at radius 3 is 1.78 bits per heavy atom. The average Bonchev–Trinajstić information content (AvgIpc) is 3.35. The third kappa shape index (κ3) is 14.0. The van der Waals surface area contributed by atoms with E-state index < -0.39 is 72.9 Å². The third-order valence-electron chi connectivity index (χ3n) is 13.2. The van der Waals surface area contributed by atoms with Gasteiger partial charge >= 0.3 is 30.0 Å². The number of aliphatic hydroxyl groups excluding tert-OH is 1. The second-order valence-electron chi connectivity index (χ2n) is 18.3. The minimum absolute atomic E-state index is 0.0189. The molecular formula is C53H67N11O10. The van der Waals surface area contributed by atoms with E-state index in [2.05, 4.69) is 56.4 Å². The van der Waals surface area contributed by atoms with E-state index in [0.717, 1.165) is 52.6 Å².